The van der Waals surface area contributed by atoms with Gasteiger partial charge in [-0.05, 0) is 40.8 Å². The molecule has 0 spiro atoms. The van der Waals surface area contributed by atoms with Crippen LogP contribution in [0.15, 0.2) is 36.5 Å². The van der Waals surface area contributed by atoms with E-state index >= 15 is 0 Å². The van der Waals surface area contributed by atoms with Gasteiger partial charge in [-0.1, -0.05) is 32.9 Å². The van der Waals surface area contributed by atoms with Gasteiger partial charge in [-0.2, -0.15) is 5.26 Å². The molecule has 1 aromatic carbocycles. The molecule has 1 aromatic heterocycles. The van der Waals surface area contributed by atoms with E-state index in [1.165, 1.54) is 6.20 Å². The van der Waals surface area contributed by atoms with E-state index < -0.39 is 16.8 Å². The third-order valence-electron chi connectivity index (χ3n) is 4.27. The molecule has 0 saturated carbocycles. The SMILES string of the molecule is CC(C)(C)C(CC(=O)O)(c1ccc(C#N)cc1)c1ccnc(Cl)n1. The summed E-state index contributed by atoms with van der Waals surface area (Å²) in [6, 6.07) is 10.7. The van der Waals surface area contributed by atoms with Crippen LogP contribution >= 0.6 is 11.6 Å². The van der Waals surface area contributed by atoms with Crippen molar-refractivity contribution in [3.63, 3.8) is 0 Å². The highest BCUT2D eigenvalue weighted by atomic mass is 35.5. The van der Waals surface area contributed by atoms with E-state index in [9.17, 15) is 9.90 Å². The fourth-order valence-corrected chi connectivity index (χ4v) is 3.20. The van der Waals surface area contributed by atoms with Gasteiger partial charge < -0.3 is 5.11 Å². The van der Waals surface area contributed by atoms with E-state index in [-0.39, 0.29) is 11.7 Å². The molecule has 1 heterocycles. The van der Waals surface area contributed by atoms with Crippen LogP contribution in [-0.2, 0) is 10.2 Å². The van der Waals surface area contributed by atoms with Gasteiger partial charge in [0.15, 0.2) is 0 Å². The number of carbonyl (C=O) groups is 1. The number of nitrogens with zero attached hydrogens (tertiary/aromatic N) is 3. The highest BCUT2D eigenvalue weighted by Gasteiger charge is 2.48. The molecule has 0 fully saturated rings. The molecule has 5 nitrogen and oxygen atoms in total. The molecule has 124 valence electrons. The summed E-state index contributed by atoms with van der Waals surface area (Å²) in [4.78, 5) is 19.9. The second-order valence-electron chi connectivity index (χ2n) is 6.63. The van der Waals surface area contributed by atoms with Crippen molar-refractivity contribution in [2.75, 3.05) is 0 Å². The Bertz CT molecular complexity index is 791. The predicted octanol–water partition coefficient (Wildman–Crippen LogP) is 3.81. The fourth-order valence-electron chi connectivity index (χ4n) is 3.05. The molecular formula is C18H18ClN3O2. The van der Waals surface area contributed by atoms with Crippen LogP contribution in [0.5, 0.6) is 0 Å². The average Bonchev–Trinajstić information content (AvgIpc) is 2.51. The van der Waals surface area contributed by atoms with Gasteiger partial charge in [-0.25, -0.2) is 9.97 Å². The number of aromatic nitrogens is 2. The zero-order chi connectivity index (χ0) is 18.0. The number of rotatable bonds is 4. The normalized spacial score (nSPS) is 13.8. The fraction of sp³-hybridized carbons (Fsp3) is 0.333. The van der Waals surface area contributed by atoms with Gasteiger partial charge in [-0.3, -0.25) is 4.79 Å². The van der Waals surface area contributed by atoms with Crippen molar-refractivity contribution < 1.29 is 9.90 Å². The molecule has 0 aliphatic heterocycles. The van der Waals surface area contributed by atoms with Crippen molar-refractivity contribution in [3.8, 4) is 6.07 Å². The maximum Gasteiger partial charge on any atom is 0.304 e. The molecule has 0 bridgehead atoms. The number of nitriles is 1. The van der Waals surface area contributed by atoms with Crippen molar-refractivity contribution in [3.05, 3.63) is 58.6 Å². The van der Waals surface area contributed by atoms with E-state index in [0.717, 1.165) is 5.56 Å². The minimum atomic E-state index is -0.941. The van der Waals surface area contributed by atoms with Crippen LogP contribution < -0.4 is 0 Å². The van der Waals surface area contributed by atoms with Crippen LogP contribution in [0.3, 0.4) is 0 Å². The Balaban J connectivity index is 2.79. The molecule has 0 amide bonds. The lowest BCUT2D eigenvalue weighted by molar-refractivity contribution is -0.139. The van der Waals surface area contributed by atoms with Crippen molar-refractivity contribution in [1.82, 2.24) is 9.97 Å². The number of benzene rings is 1. The summed E-state index contributed by atoms with van der Waals surface area (Å²) < 4.78 is 0. The number of hydrogen-bond acceptors (Lipinski definition) is 4. The first kappa shape index (κ1) is 17.9. The third kappa shape index (κ3) is 3.24. The largest absolute Gasteiger partial charge is 0.481 e. The van der Waals surface area contributed by atoms with Gasteiger partial charge in [0, 0.05) is 6.20 Å². The molecule has 2 aromatic rings. The maximum absolute atomic E-state index is 11.7. The Labute approximate surface area is 145 Å². The van der Waals surface area contributed by atoms with Crippen LogP contribution in [-0.4, -0.2) is 21.0 Å². The molecular weight excluding hydrogens is 326 g/mol. The van der Waals surface area contributed by atoms with Crippen LogP contribution in [0.2, 0.25) is 5.28 Å². The number of carboxylic acids is 1. The molecule has 1 unspecified atom stereocenters. The standard InChI is InChI=1S/C18H18ClN3O2/c1-17(2,3)18(10-15(23)24,14-8-9-21-16(19)22-14)13-6-4-12(11-20)5-7-13/h4-9H,10H2,1-3H3,(H,23,24). The zero-order valence-electron chi connectivity index (χ0n) is 13.7. The van der Waals surface area contributed by atoms with Crippen LogP contribution in [0.1, 0.15) is 44.0 Å². The van der Waals surface area contributed by atoms with E-state index in [1.54, 1.807) is 30.3 Å². The lowest BCUT2D eigenvalue weighted by Gasteiger charge is -2.44. The summed E-state index contributed by atoms with van der Waals surface area (Å²) >= 11 is 5.96. The molecule has 0 aliphatic carbocycles. The van der Waals surface area contributed by atoms with Gasteiger partial charge in [-0.15, -0.1) is 0 Å². The van der Waals surface area contributed by atoms with Gasteiger partial charge >= 0.3 is 5.97 Å². The van der Waals surface area contributed by atoms with Crippen molar-refractivity contribution >= 4 is 17.6 Å². The quantitative estimate of drug-likeness (QED) is 0.853. The van der Waals surface area contributed by atoms with Crippen molar-refractivity contribution in [1.29, 1.82) is 5.26 Å². The highest BCUT2D eigenvalue weighted by molar-refractivity contribution is 6.28. The Morgan fingerprint density at radius 2 is 1.88 bits per heavy atom. The zero-order valence-corrected chi connectivity index (χ0v) is 14.5. The first-order valence-corrected chi connectivity index (χ1v) is 7.80. The lowest BCUT2D eigenvalue weighted by atomic mass is 9.59. The summed E-state index contributed by atoms with van der Waals surface area (Å²) in [7, 11) is 0. The first-order valence-electron chi connectivity index (χ1n) is 7.42. The van der Waals surface area contributed by atoms with Crippen LogP contribution in [0, 0.1) is 16.7 Å². The number of aliphatic carboxylic acids is 1. The summed E-state index contributed by atoms with van der Waals surface area (Å²) in [5, 5.41) is 18.7. The summed E-state index contributed by atoms with van der Waals surface area (Å²) in [5.74, 6) is -0.941. The number of hydrogen-bond donors (Lipinski definition) is 1. The average molecular weight is 344 g/mol. The smallest absolute Gasteiger partial charge is 0.304 e. The predicted molar refractivity (Wildman–Crippen MR) is 90.7 cm³/mol. The van der Waals surface area contributed by atoms with E-state index in [1.807, 2.05) is 20.8 Å². The van der Waals surface area contributed by atoms with E-state index in [0.29, 0.717) is 11.3 Å². The highest BCUT2D eigenvalue weighted by Crippen LogP contribution is 2.49. The van der Waals surface area contributed by atoms with Crippen LogP contribution in [0.25, 0.3) is 0 Å². The molecule has 24 heavy (non-hydrogen) atoms. The Hall–Kier alpha value is -2.45. The monoisotopic (exact) mass is 343 g/mol. The topological polar surface area (TPSA) is 86.9 Å². The lowest BCUT2D eigenvalue weighted by Crippen LogP contribution is -2.44. The molecule has 0 aliphatic rings. The second-order valence-corrected chi connectivity index (χ2v) is 6.96. The molecule has 0 saturated heterocycles. The number of carboxylic acid groups (broad SMARTS) is 1. The van der Waals surface area contributed by atoms with Gasteiger partial charge in [0.2, 0.25) is 5.28 Å². The molecule has 1 atom stereocenters. The van der Waals surface area contributed by atoms with E-state index in [4.69, 9.17) is 16.9 Å². The van der Waals surface area contributed by atoms with Gasteiger partial charge in [0.1, 0.15) is 0 Å². The van der Waals surface area contributed by atoms with E-state index in [2.05, 4.69) is 16.0 Å². The molecule has 6 heteroatoms. The van der Waals surface area contributed by atoms with Crippen molar-refractivity contribution in [2.24, 2.45) is 5.41 Å². The Morgan fingerprint density at radius 1 is 1.25 bits per heavy atom. The van der Waals surface area contributed by atoms with Crippen molar-refractivity contribution in [2.45, 2.75) is 32.6 Å². The van der Waals surface area contributed by atoms with Crippen LogP contribution in [0.4, 0.5) is 0 Å². The second kappa shape index (κ2) is 6.58. The van der Waals surface area contributed by atoms with Gasteiger partial charge in [0.25, 0.3) is 0 Å². The summed E-state index contributed by atoms with van der Waals surface area (Å²) in [6.07, 6.45) is 1.37. The Morgan fingerprint density at radius 3 is 2.33 bits per heavy atom. The third-order valence-corrected chi connectivity index (χ3v) is 4.45. The molecule has 1 N–H and O–H groups in total. The molecule has 0 radical (unpaired) electrons. The minimum Gasteiger partial charge on any atom is -0.481 e. The van der Waals surface area contributed by atoms with Gasteiger partial charge in [0.05, 0.1) is 29.2 Å². The number of halogens is 1. The Kier molecular flexibility index (Phi) is 4.91. The first-order chi connectivity index (χ1) is 11.2. The maximum atomic E-state index is 11.7. The summed E-state index contributed by atoms with van der Waals surface area (Å²) in [5.41, 5.74) is 0.433. The molecule has 2 rings (SSSR count). The minimum absolute atomic E-state index is 0.0696. The summed E-state index contributed by atoms with van der Waals surface area (Å²) in [6.45, 7) is 5.89.